The maximum absolute atomic E-state index is 12.6. The minimum Gasteiger partial charge on any atom is -0.396 e. The van der Waals surface area contributed by atoms with Crippen LogP contribution in [0.25, 0.3) is 0 Å². The molecular formula is C18H27N3O2. The number of aromatic nitrogens is 1. The van der Waals surface area contributed by atoms with Crippen LogP contribution in [-0.4, -0.2) is 65.1 Å². The number of nitrogens with zero attached hydrogens (tertiary/aromatic N) is 3. The van der Waals surface area contributed by atoms with Crippen molar-refractivity contribution in [2.75, 3.05) is 39.3 Å². The number of rotatable bonds is 4. The second-order valence-electron chi connectivity index (χ2n) is 6.84. The molecule has 3 heterocycles. The highest BCUT2D eigenvalue weighted by molar-refractivity contribution is 5.92. The number of pyridine rings is 1. The third kappa shape index (κ3) is 4.09. The summed E-state index contributed by atoms with van der Waals surface area (Å²) in [6.45, 7) is 4.84. The molecule has 5 nitrogen and oxygen atoms in total. The van der Waals surface area contributed by atoms with E-state index in [1.54, 1.807) is 12.3 Å². The fraction of sp³-hybridized carbons (Fsp3) is 0.667. The molecule has 3 rings (SSSR count). The predicted molar refractivity (Wildman–Crippen MR) is 89.1 cm³/mol. The van der Waals surface area contributed by atoms with E-state index in [0.717, 1.165) is 26.2 Å². The van der Waals surface area contributed by atoms with Crippen molar-refractivity contribution >= 4 is 5.91 Å². The zero-order valence-electron chi connectivity index (χ0n) is 13.7. The highest BCUT2D eigenvalue weighted by Gasteiger charge is 2.36. The maximum atomic E-state index is 12.6. The average molecular weight is 317 g/mol. The minimum absolute atomic E-state index is 0.0117. The summed E-state index contributed by atoms with van der Waals surface area (Å²) in [6.07, 6.45) is 6.85. The lowest BCUT2D eigenvalue weighted by molar-refractivity contribution is 0.0773. The average Bonchev–Trinajstić information content (AvgIpc) is 2.82. The first-order valence-electron chi connectivity index (χ1n) is 8.81. The van der Waals surface area contributed by atoms with Crippen molar-refractivity contribution in [1.29, 1.82) is 0 Å². The van der Waals surface area contributed by atoms with Crippen LogP contribution in [0.5, 0.6) is 0 Å². The quantitative estimate of drug-likeness (QED) is 0.917. The molecule has 0 saturated carbocycles. The predicted octanol–water partition coefficient (Wildman–Crippen LogP) is 1.64. The van der Waals surface area contributed by atoms with Gasteiger partial charge in [0.1, 0.15) is 5.69 Å². The van der Waals surface area contributed by atoms with Crippen LogP contribution >= 0.6 is 0 Å². The largest absolute Gasteiger partial charge is 0.396 e. The molecule has 0 radical (unpaired) electrons. The third-order valence-corrected chi connectivity index (χ3v) is 5.17. The zero-order chi connectivity index (χ0) is 16.1. The van der Waals surface area contributed by atoms with E-state index in [2.05, 4.69) is 9.88 Å². The van der Waals surface area contributed by atoms with E-state index < -0.39 is 0 Å². The number of hydrogen-bond acceptors (Lipinski definition) is 4. The van der Waals surface area contributed by atoms with E-state index in [1.807, 2.05) is 17.0 Å². The van der Waals surface area contributed by atoms with Crippen LogP contribution in [0.2, 0.25) is 0 Å². The van der Waals surface area contributed by atoms with Gasteiger partial charge in [0, 0.05) is 38.4 Å². The lowest BCUT2D eigenvalue weighted by Gasteiger charge is -2.26. The van der Waals surface area contributed by atoms with Crippen LogP contribution < -0.4 is 0 Å². The molecule has 126 valence electrons. The summed E-state index contributed by atoms with van der Waals surface area (Å²) >= 11 is 0. The molecule has 0 aliphatic carbocycles. The van der Waals surface area contributed by atoms with Gasteiger partial charge in [-0.3, -0.25) is 9.78 Å². The summed E-state index contributed by atoms with van der Waals surface area (Å²) in [5, 5.41) is 9.72. The summed E-state index contributed by atoms with van der Waals surface area (Å²) in [7, 11) is 0. The number of aliphatic hydroxyl groups is 1. The Morgan fingerprint density at radius 2 is 1.87 bits per heavy atom. The van der Waals surface area contributed by atoms with Gasteiger partial charge < -0.3 is 14.9 Å². The Morgan fingerprint density at radius 3 is 2.52 bits per heavy atom. The smallest absolute Gasteiger partial charge is 0.272 e. The van der Waals surface area contributed by atoms with Crippen LogP contribution in [0, 0.1) is 11.8 Å². The van der Waals surface area contributed by atoms with Gasteiger partial charge in [-0.1, -0.05) is 18.9 Å². The Balaban J connectivity index is 1.62. The van der Waals surface area contributed by atoms with Gasteiger partial charge in [-0.15, -0.1) is 0 Å². The van der Waals surface area contributed by atoms with Crippen molar-refractivity contribution in [3.63, 3.8) is 0 Å². The topological polar surface area (TPSA) is 56.7 Å². The molecule has 0 aromatic carbocycles. The van der Waals surface area contributed by atoms with Gasteiger partial charge in [-0.25, -0.2) is 0 Å². The van der Waals surface area contributed by atoms with E-state index in [4.69, 9.17) is 0 Å². The number of aliphatic hydroxyl groups excluding tert-OH is 1. The van der Waals surface area contributed by atoms with Gasteiger partial charge in [0.25, 0.3) is 5.91 Å². The second-order valence-corrected chi connectivity index (χ2v) is 6.84. The fourth-order valence-electron chi connectivity index (χ4n) is 3.82. The molecule has 2 fully saturated rings. The lowest BCUT2D eigenvalue weighted by Crippen LogP contribution is -2.35. The molecular weight excluding hydrogens is 290 g/mol. The molecule has 1 aromatic rings. The Morgan fingerprint density at radius 1 is 1.13 bits per heavy atom. The van der Waals surface area contributed by atoms with Crippen LogP contribution in [-0.2, 0) is 0 Å². The molecule has 2 aliphatic rings. The monoisotopic (exact) mass is 317 g/mol. The van der Waals surface area contributed by atoms with Crippen LogP contribution in [0.3, 0.4) is 0 Å². The molecule has 1 aromatic heterocycles. The number of carbonyl (C=O) groups excluding carboxylic acids is 1. The molecule has 5 heteroatoms. The van der Waals surface area contributed by atoms with E-state index in [9.17, 15) is 9.90 Å². The van der Waals surface area contributed by atoms with E-state index in [1.165, 1.54) is 25.7 Å². The summed E-state index contributed by atoms with van der Waals surface area (Å²) in [6, 6.07) is 5.42. The molecule has 2 atom stereocenters. The van der Waals surface area contributed by atoms with E-state index >= 15 is 0 Å². The van der Waals surface area contributed by atoms with Crippen molar-refractivity contribution < 1.29 is 9.90 Å². The third-order valence-electron chi connectivity index (χ3n) is 5.17. The van der Waals surface area contributed by atoms with E-state index in [-0.39, 0.29) is 18.4 Å². The molecule has 0 spiro atoms. The Labute approximate surface area is 138 Å². The SMILES string of the molecule is O=C(c1ccccn1)N1C[C@@H](CN2CCCCCC2)[C@@H](CO)C1. The number of amides is 1. The van der Waals surface area contributed by atoms with Gasteiger partial charge in [-0.2, -0.15) is 0 Å². The number of carbonyl (C=O) groups is 1. The van der Waals surface area contributed by atoms with Gasteiger partial charge >= 0.3 is 0 Å². The number of hydrogen-bond donors (Lipinski definition) is 1. The zero-order valence-corrected chi connectivity index (χ0v) is 13.7. The van der Waals surface area contributed by atoms with Gasteiger partial charge in [0.2, 0.25) is 0 Å². The Hall–Kier alpha value is -1.46. The summed E-state index contributed by atoms with van der Waals surface area (Å²) in [4.78, 5) is 21.1. The van der Waals surface area contributed by atoms with Crippen molar-refractivity contribution in [2.45, 2.75) is 25.7 Å². The van der Waals surface area contributed by atoms with Crippen LogP contribution in [0.4, 0.5) is 0 Å². The van der Waals surface area contributed by atoms with Gasteiger partial charge in [0.15, 0.2) is 0 Å². The standard InChI is InChI=1S/C18H27N3O2/c22-14-16-13-21(18(23)17-7-3-4-8-19-17)12-15(16)11-20-9-5-1-2-6-10-20/h3-4,7-8,15-16,22H,1-2,5-6,9-14H2/t15-,16-/m1/s1. The molecule has 1 N–H and O–H groups in total. The summed E-state index contributed by atoms with van der Waals surface area (Å²) in [5.41, 5.74) is 0.500. The molecule has 2 saturated heterocycles. The van der Waals surface area contributed by atoms with Crippen LogP contribution in [0.15, 0.2) is 24.4 Å². The second kappa shape index (κ2) is 7.88. The van der Waals surface area contributed by atoms with Crippen molar-refractivity contribution in [3.8, 4) is 0 Å². The first-order valence-corrected chi connectivity index (χ1v) is 8.81. The highest BCUT2D eigenvalue weighted by Crippen LogP contribution is 2.26. The fourth-order valence-corrected chi connectivity index (χ4v) is 3.82. The molecule has 0 unspecified atom stereocenters. The van der Waals surface area contributed by atoms with Crippen molar-refractivity contribution in [1.82, 2.24) is 14.8 Å². The Kier molecular flexibility index (Phi) is 5.62. The molecule has 0 bridgehead atoms. The Bertz CT molecular complexity index is 500. The normalized spacial score (nSPS) is 26.2. The van der Waals surface area contributed by atoms with Gasteiger partial charge in [-0.05, 0) is 44.0 Å². The highest BCUT2D eigenvalue weighted by atomic mass is 16.3. The first kappa shape index (κ1) is 16.4. The molecule has 1 amide bonds. The lowest BCUT2D eigenvalue weighted by atomic mass is 9.96. The van der Waals surface area contributed by atoms with Gasteiger partial charge in [0.05, 0.1) is 0 Å². The molecule has 2 aliphatic heterocycles. The minimum atomic E-state index is -0.0117. The number of likely N-dealkylation sites (tertiary alicyclic amines) is 2. The van der Waals surface area contributed by atoms with Crippen LogP contribution in [0.1, 0.15) is 36.2 Å². The molecule has 23 heavy (non-hydrogen) atoms. The van der Waals surface area contributed by atoms with Crippen molar-refractivity contribution in [2.24, 2.45) is 11.8 Å². The van der Waals surface area contributed by atoms with Crippen molar-refractivity contribution in [3.05, 3.63) is 30.1 Å². The summed E-state index contributed by atoms with van der Waals surface area (Å²) < 4.78 is 0. The first-order chi connectivity index (χ1) is 11.3. The summed E-state index contributed by atoms with van der Waals surface area (Å²) in [5.74, 6) is 0.541. The maximum Gasteiger partial charge on any atom is 0.272 e. The van der Waals surface area contributed by atoms with E-state index in [0.29, 0.717) is 18.2 Å².